The minimum absolute atomic E-state index is 0.191. The van der Waals surface area contributed by atoms with E-state index in [1.807, 2.05) is 5.32 Å². The fourth-order valence-electron chi connectivity index (χ4n) is 3.27. The van der Waals surface area contributed by atoms with Gasteiger partial charge in [-0.3, -0.25) is 19.3 Å². The molecule has 0 aromatic carbocycles. The smallest absolute Gasteiger partial charge is 0.364 e. The maximum absolute atomic E-state index is 13.6. The van der Waals surface area contributed by atoms with Gasteiger partial charge in [-0.25, -0.2) is 17.6 Å². The number of primary amides is 1. The molecule has 2 heterocycles. The van der Waals surface area contributed by atoms with E-state index in [2.05, 4.69) is 10.1 Å². The Bertz CT molecular complexity index is 1010. The molecule has 0 aliphatic heterocycles. The molecule has 0 atom stereocenters. The second kappa shape index (κ2) is 7.81. The van der Waals surface area contributed by atoms with E-state index in [0.717, 1.165) is 18.3 Å². The van der Waals surface area contributed by atoms with Crippen molar-refractivity contribution in [1.29, 1.82) is 0 Å². The average molecular weight is 453 g/mol. The van der Waals surface area contributed by atoms with Crippen molar-refractivity contribution in [2.24, 2.45) is 11.7 Å². The molecule has 2 aromatic heterocycles. The number of hydrogen-bond acceptors (Lipinski definition) is 4. The monoisotopic (exact) mass is 453 g/mol. The summed E-state index contributed by atoms with van der Waals surface area (Å²) in [6, 6.07) is 2.09. The van der Waals surface area contributed by atoms with Gasteiger partial charge in [0.15, 0.2) is 0 Å². The van der Waals surface area contributed by atoms with Gasteiger partial charge >= 0.3 is 6.18 Å². The first kappa shape index (κ1) is 22.5. The second-order valence-electron chi connectivity index (χ2n) is 6.97. The largest absolute Gasteiger partial charge is 0.420 e. The predicted octanol–water partition coefficient (Wildman–Crippen LogP) is 3.63. The molecule has 2 amide bonds. The van der Waals surface area contributed by atoms with Gasteiger partial charge in [0, 0.05) is 31.3 Å². The molecule has 0 unspecified atom stereocenters. The van der Waals surface area contributed by atoms with Crippen LogP contribution < -0.4 is 11.1 Å². The molecule has 2 aromatic rings. The second-order valence-corrected chi connectivity index (χ2v) is 6.97. The lowest BCUT2D eigenvalue weighted by molar-refractivity contribution is -0.140. The summed E-state index contributed by atoms with van der Waals surface area (Å²) in [5.74, 6) is -6.32. The van der Waals surface area contributed by atoms with Gasteiger partial charge in [-0.05, 0) is 18.1 Å². The number of anilines is 1. The van der Waals surface area contributed by atoms with Crippen LogP contribution in [0.4, 0.5) is 36.4 Å². The van der Waals surface area contributed by atoms with Gasteiger partial charge in [-0.1, -0.05) is 0 Å². The number of nitrogens with one attached hydrogen (secondary N) is 1. The third-order valence-electron chi connectivity index (χ3n) is 4.56. The molecule has 3 rings (SSSR count). The molecule has 0 bridgehead atoms. The van der Waals surface area contributed by atoms with Crippen molar-refractivity contribution in [2.45, 2.75) is 37.9 Å². The number of aromatic nitrogens is 3. The van der Waals surface area contributed by atoms with Gasteiger partial charge < -0.3 is 11.1 Å². The summed E-state index contributed by atoms with van der Waals surface area (Å²) in [4.78, 5) is 27.4. The van der Waals surface area contributed by atoms with Crippen molar-refractivity contribution in [3.63, 3.8) is 0 Å². The van der Waals surface area contributed by atoms with Crippen molar-refractivity contribution >= 4 is 17.5 Å². The highest BCUT2D eigenvalue weighted by Gasteiger charge is 2.48. The van der Waals surface area contributed by atoms with E-state index in [4.69, 9.17) is 5.73 Å². The van der Waals surface area contributed by atoms with E-state index in [1.165, 1.54) is 0 Å². The number of hydrogen-bond donors (Lipinski definition) is 2. The lowest BCUT2D eigenvalue weighted by Gasteiger charge is -2.35. The highest BCUT2D eigenvalue weighted by molar-refractivity contribution is 6.05. The van der Waals surface area contributed by atoms with Crippen molar-refractivity contribution in [1.82, 2.24) is 14.8 Å². The first-order chi connectivity index (χ1) is 14.3. The summed E-state index contributed by atoms with van der Waals surface area (Å²) < 4.78 is 93.7. The Morgan fingerprint density at radius 1 is 1.29 bits per heavy atom. The minimum atomic E-state index is -5.38. The standard InChI is InChI=1S/C17H14F7N5O2/c18-13(19)11-10(17(22,23)24)12(29(28-11)6-7-4-16(20,21)5-7)15(31)27-8-1-2-26-9(3-8)14(25)30/h1-3,7,13H,4-6H2,(H2,25,30)(H,26,27,31). The molecular formula is C17H14F7N5O2. The third kappa shape index (κ3) is 4.77. The number of pyridine rings is 1. The number of rotatable bonds is 6. The van der Waals surface area contributed by atoms with Gasteiger partial charge in [0.1, 0.15) is 22.6 Å². The molecule has 1 aliphatic rings. The molecule has 3 N–H and O–H groups in total. The number of carbonyl (C=O) groups excluding carboxylic acids is 2. The number of nitrogens with zero attached hydrogens (tertiary/aromatic N) is 3. The maximum Gasteiger partial charge on any atom is 0.420 e. The molecule has 0 spiro atoms. The number of halogens is 7. The number of carbonyl (C=O) groups is 2. The molecule has 0 saturated heterocycles. The molecule has 0 radical (unpaired) electrons. The zero-order chi connectivity index (χ0) is 23.1. The van der Waals surface area contributed by atoms with Gasteiger partial charge in [-0.2, -0.15) is 18.3 Å². The number of nitrogens with two attached hydrogens (primary N) is 1. The average Bonchev–Trinajstić information content (AvgIpc) is 3.00. The fraction of sp³-hybridized carbons (Fsp3) is 0.412. The molecule has 1 saturated carbocycles. The zero-order valence-corrected chi connectivity index (χ0v) is 15.4. The van der Waals surface area contributed by atoms with Gasteiger partial charge in [0.25, 0.3) is 18.2 Å². The summed E-state index contributed by atoms with van der Waals surface area (Å²) in [6.07, 6.45) is -9.36. The summed E-state index contributed by atoms with van der Waals surface area (Å²) >= 11 is 0. The highest BCUT2D eigenvalue weighted by Crippen LogP contribution is 2.44. The minimum Gasteiger partial charge on any atom is -0.364 e. The summed E-state index contributed by atoms with van der Waals surface area (Å²) in [7, 11) is 0. The predicted molar refractivity (Wildman–Crippen MR) is 90.6 cm³/mol. The van der Waals surface area contributed by atoms with Crippen LogP contribution >= 0.6 is 0 Å². The van der Waals surface area contributed by atoms with Crippen molar-refractivity contribution in [2.75, 3.05) is 5.32 Å². The quantitative estimate of drug-likeness (QED) is 0.652. The van der Waals surface area contributed by atoms with Crippen LogP contribution in [-0.4, -0.2) is 32.5 Å². The Hall–Kier alpha value is -3.19. The molecule has 7 nitrogen and oxygen atoms in total. The lowest BCUT2D eigenvalue weighted by atomic mass is 9.81. The number of alkyl halides is 7. The van der Waals surface area contributed by atoms with Crippen molar-refractivity contribution in [3.8, 4) is 0 Å². The molecule has 168 valence electrons. The van der Waals surface area contributed by atoms with E-state index in [0.29, 0.717) is 4.68 Å². The molecular weight excluding hydrogens is 439 g/mol. The summed E-state index contributed by atoms with van der Waals surface area (Å²) in [5.41, 5.74) is -0.361. The van der Waals surface area contributed by atoms with Gasteiger partial charge in [0.2, 0.25) is 5.92 Å². The van der Waals surface area contributed by atoms with E-state index >= 15 is 0 Å². The Morgan fingerprint density at radius 2 is 1.94 bits per heavy atom. The van der Waals surface area contributed by atoms with Crippen LogP contribution in [0.5, 0.6) is 0 Å². The number of amides is 2. The van der Waals surface area contributed by atoms with Crippen LogP contribution in [0.1, 0.15) is 51.5 Å². The highest BCUT2D eigenvalue weighted by atomic mass is 19.4. The van der Waals surface area contributed by atoms with E-state index < -0.39 is 72.6 Å². The fourth-order valence-corrected chi connectivity index (χ4v) is 3.27. The first-order valence-corrected chi connectivity index (χ1v) is 8.69. The van der Waals surface area contributed by atoms with Crippen LogP contribution in [0.3, 0.4) is 0 Å². The van der Waals surface area contributed by atoms with Crippen molar-refractivity contribution in [3.05, 3.63) is 41.0 Å². The van der Waals surface area contributed by atoms with Crippen molar-refractivity contribution < 1.29 is 40.3 Å². The molecule has 1 fully saturated rings. The van der Waals surface area contributed by atoms with Crippen LogP contribution in [0.15, 0.2) is 18.3 Å². The zero-order valence-electron chi connectivity index (χ0n) is 15.4. The Balaban J connectivity index is 2.02. The van der Waals surface area contributed by atoms with Gasteiger partial charge in [-0.15, -0.1) is 0 Å². The summed E-state index contributed by atoms with van der Waals surface area (Å²) in [5, 5.41) is 5.25. The topological polar surface area (TPSA) is 103 Å². The normalized spacial score (nSPS) is 16.3. The Kier molecular flexibility index (Phi) is 5.67. The van der Waals surface area contributed by atoms with Crippen LogP contribution in [0.25, 0.3) is 0 Å². The molecule has 14 heteroatoms. The molecule has 1 aliphatic carbocycles. The van der Waals surface area contributed by atoms with Crippen LogP contribution in [0.2, 0.25) is 0 Å². The van der Waals surface area contributed by atoms with E-state index in [1.54, 1.807) is 0 Å². The van der Waals surface area contributed by atoms with E-state index in [9.17, 15) is 40.3 Å². The van der Waals surface area contributed by atoms with Gasteiger partial charge in [0.05, 0.1) is 0 Å². The lowest BCUT2D eigenvalue weighted by Crippen LogP contribution is -2.38. The molecule has 31 heavy (non-hydrogen) atoms. The summed E-state index contributed by atoms with van der Waals surface area (Å²) in [6.45, 7) is -0.586. The maximum atomic E-state index is 13.6. The van der Waals surface area contributed by atoms with Crippen LogP contribution in [-0.2, 0) is 12.7 Å². The van der Waals surface area contributed by atoms with Crippen LogP contribution in [0, 0.1) is 5.92 Å². The Labute approximate surface area is 169 Å². The Morgan fingerprint density at radius 3 is 2.45 bits per heavy atom. The third-order valence-corrected chi connectivity index (χ3v) is 4.56. The first-order valence-electron chi connectivity index (χ1n) is 8.69. The van der Waals surface area contributed by atoms with E-state index in [-0.39, 0.29) is 11.4 Å². The SMILES string of the molecule is NC(=O)c1cc(NC(=O)c2c(C(F)(F)F)c(C(F)F)nn2CC2CC(F)(F)C2)ccn1.